The molecule has 1 aromatic carbocycles. The van der Waals surface area contributed by atoms with Gasteiger partial charge in [-0.15, -0.1) is 5.10 Å². The van der Waals surface area contributed by atoms with Crippen LogP contribution >= 0.6 is 0 Å². The molecule has 2 fully saturated rings. The van der Waals surface area contributed by atoms with Gasteiger partial charge in [0.1, 0.15) is 18.8 Å². The second-order valence-corrected chi connectivity index (χ2v) is 8.48. The topological polar surface area (TPSA) is 99.4 Å². The highest BCUT2D eigenvalue weighted by molar-refractivity contribution is 5.80. The van der Waals surface area contributed by atoms with Gasteiger partial charge >= 0.3 is 0 Å². The zero-order valence-electron chi connectivity index (χ0n) is 17.8. The van der Waals surface area contributed by atoms with E-state index in [4.69, 9.17) is 9.47 Å². The Morgan fingerprint density at radius 1 is 1.19 bits per heavy atom. The van der Waals surface area contributed by atoms with E-state index in [1.807, 2.05) is 28.9 Å². The lowest BCUT2D eigenvalue weighted by atomic mass is 9.95. The van der Waals surface area contributed by atoms with Crippen LogP contribution in [0.3, 0.4) is 0 Å². The monoisotopic (exact) mass is 425 g/mol. The molecular formula is C22H29N6O3+. The molecular weight excluding hydrogens is 396 g/mol. The quantitative estimate of drug-likeness (QED) is 0.634. The van der Waals surface area contributed by atoms with Crippen LogP contribution in [0.4, 0.5) is 0 Å². The zero-order chi connectivity index (χ0) is 21.2. The number of hydrogen-bond acceptors (Lipinski definition) is 6. The standard InChI is InChI=1S/C22H28N6O3/c1-30-17-8-7-15-13-18(22(29)23-19(15)14-17)20(27-9-11-31-12-10-27)21-24-25-26-28(21)16-5-3-2-4-6-16/h7-8,13-14,16,20H,2-6,9-12H2,1H3,(H,23,29)/p+1/t20-/m0/s1. The van der Waals surface area contributed by atoms with Gasteiger partial charge in [0.2, 0.25) is 5.82 Å². The molecule has 3 heterocycles. The lowest BCUT2D eigenvalue weighted by Gasteiger charge is -2.32. The van der Waals surface area contributed by atoms with Crippen LogP contribution in [0.25, 0.3) is 10.9 Å². The number of nitrogens with one attached hydrogen (secondary N) is 2. The molecule has 2 aliphatic rings. The van der Waals surface area contributed by atoms with E-state index in [1.165, 1.54) is 24.2 Å². The van der Waals surface area contributed by atoms with Crippen molar-refractivity contribution in [3.8, 4) is 5.75 Å². The molecule has 0 radical (unpaired) electrons. The molecule has 2 aromatic heterocycles. The van der Waals surface area contributed by atoms with Crippen molar-refractivity contribution in [2.24, 2.45) is 0 Å². The second-order valence-electron chi connectivity index (χ2n) is 8.48. The maximum Gasteiger partial charge on any atom is 0.258 e. The molecule has 9 heteroatoms. The molecule has 0 unspecified atom stereocenters. The van der Waals surface area contributed by atoms with Crippen molar-refractivity contribution in [3.05, 3.63) is 46.0 Å². The molecule has 1 atom stereocenters. The predicted molar refractivity (Wildman–Crippen MR) is 114 cm³/mol. The molecule has 1 saturated carbocycles. The molecule has 0 bridgehead atoms. The number of nitrogens with zero attached hydrogens (tertiary/aromatic N) is 4. The summed E-state index contributed by atoms with van der Waals surface area (Å²) in [5, 5.41) is 13.8. The summed E-state index contributed by atoms with van der Waals surface area (Å²) >= 11 is 0. The number of ether oxygens (including phenoxy) is 2. The number of aromatic nitrogens is 5. The Labute approximate surface area is 180 Å². The van der Waals surface area contributed by atoms with E-state index < -0.39 is 0 Å². The molecule has 31 heavy (non-hydrogen) atoms. The first-order valence-electron chi connectivity index (χ1n) is 11.2. The minimum Gasteiger partial charge on any atom is -0.497 e. The normalized spacial score (nSPS) is 19.5. The third-order valence-electron chi connectivity index (χ3n) is 6.63. The van der Waals surface area contributed by atoms with Crippen LogP contribution in [0.5, 0.6) is 5.75 Å². The Morgan fingerprint density at radius 3 is 2.77 bits per heavy atom. The fraction of sp³-hybridized carbons (Fsp3) is 0.545. The highest BCUT2D eigenvalue weighted by atomic mass is 16.5. The number of aromatic amines is 1. The van der Waals surface area contributed by atoms with Crippen LogP contribution in [0.1, 0.15) is 55.6 Å². The molecule has 1 aliphatic heterocycles. The minimum atomic E-state index is -0.240. The first kappa shape index (κ1) is 20.1. The molecule has 164 valence electrons. The van der Waals surface area contributed by atoms with Gasteiger partial charge in [-0.3, -0.25) is 4.79 Å². The highest BCUT2D eigenvalue weighted by Crippen LogP contribution is 2.30. The molecule has 0 spiro atoms. The van der Waals surface area contributed by atoms with Crippen molar-refractivity contribution < 1.29 is 14.4 Å². The van der Waals surface area contributed by atoms with Gasteiger partial charge in [-0.05, 0) is 46.9 Å². The van der Waals surface area contributed by atoms with Crippen molar-refractivity contribution in [1.82, 2.24) is 25.2 Å². The van der Waals surface area contributed by atoms with E-state index in [2.05, 4.69) is 20.5 Å². The number of fused-ring (bicyclic) bond motifs is 1. The van der Waals surface area contributed by atoms with Gasteiger partial charge in [-0.1, -0.05) is 19.3 Å². The third kappa shape index (κ3) is 3.95. The Kier molecular flexibility index (Phi) is 5.69. The Hall–Kier alpha value is -2.78. The lowest BCUT2D eigenvalue weighted by Crippen LogP contribution is -3.14. The van der Waals surface area contributed by atoms with Gasteiger partial charge in [0.25, 0.3) is 5.56 Å². The van der Waals surface area contributed by atoms with E-state index in [0.29, 0.717) is 30.6 Å². The summed E-state index contributed by atoms with van der Waals surface area (Å²) in [4.78, 5) is 17.6. The van der Waals surface area contributed by atoms with Gasteiger partial charge in [-0.25, -0.2) is 4.68 Å². The van der Waals surface area contributed by atoms with Crippen LogP contribution in [-0.2, 0) is 4.74 Å². The summed E-state index contributed by atoms with van der Waals surface area (Å²) < 4.78 is 12.9. The number of morpholine rings is 1. The Balaban J connectivity index is 1.62. The SMILES string of the molecule is COc1ccc2cc([C@@H](c3nnnn3C3CCCCC3)[NH+]3CCOCC3)c(=O)[nH]c2c1. The summed E-state index contributed by atoms with van der Waals surface area (Å²) in [6, 6.07) is 7.78. The third-order valence-corrected chi connectivity index (χ3v) is 6.63. The molecule has 1 saturated heterocycles. The van der Waals surface area contributed by atoms with Gasteiger partial charge in [0.05, 0.1) is 37.4 Å². The summed E-state index contributed by atoms with van der Waals surface area (Å²) in [7, 11) is 1.62. The fourth-order valence-electron chi connectivity index (χ4n) is 4.98. The maximum atomic E-state index is 13.3. The molecule has 5 rings (SSSR count). The van der Waals surface area contributed by atoms with Crippen molar-refractivity contribution in [2.45, 2.75) is 44.2 Å². The Morgan fingerprint density at radius 2 is 2.00 bits per heavy atom. The lowest BCUT2D eigenvalue weighted by molar-refractivity contribution is -0.933. The summed E-state index contributed by atoms with van der Waals surface area (Å²) in [5.74, 6) is 1.50. The second kappa shape index (κ2) is 8.76. The number of pyridine rings is 1. The molecule has 1 aliphatic carbocycles. The van der Waals surface area contributed by atoms with Gasteiger partial charge < -0.3 is 19.4 Å². The number of tetrazole rings is 1. The van der Waals surface area contributed by atoms with E-state index in [0.717, 1.165) is 42.7 Å². The van der Waals surface area contributed by atoms with Crippen molar-refractivity contribution >= 4 is 10.9 Å². The summed E-state index contributed by atoms with van der Waals surface area (Å²) in [6.07, 6.45) is 5.81. The van der Waals surface area contributed by atoms with E-state index in [-0.39, 0.29) is 11.6 Å². The molecule has 0 amide bonds. The van der Waals surface area contributed by atoms with Crippen LogP contribution < -0.4 is 15.2 Å². The van der Waals surface area contributed by atoms with Gasteiger partial charge in [0.15, 0.2) is 6.04 Å². The van der Waals surface area contributed by atoms with Gasteiger partial charge in [0, 0.05) is 6.07 Å². The van der Waals surface area contributed by atoms with Gasteiger partial charge in [-0.2, -0.15) is 0 Å². The average Bonchev–Trinajstić information content (AvgIpc) is 3.30. The Bertz CT molecular complexity index is 1100. The molecule has 2 N–H and O–H groups in total. The number of hydrogen-bond donors (Lipinski definition) is 2. The molecule has 9 nitrogen and oxygen atoms in total. The fourth-order valence-corrected chi connectivity index (χ4v) is 4.98. The highest BCUT2D eigenvalue weighted by Gasteiger charge is 2.36. The van der Waals surface area contributed by atoms with Crippen LogP contribution in [0, 0.1) is 0 Å². The van der Waals surface area contributed by atoms with E-state index >= 15 is 0 Å². The largest absolute Gasteiger partial charge is 0.497 e. The van der Waals surface area contributed by atoms with Crippen LogP contribution in [0.2, 0.25) is 0 Å². The molecule has 3 aromatic rings. The first-order chi connectivity index (χ1) is 15.2. The zero-order valence-corrected chi connectivity index (χ0v) is 17.8. The van der Waals surface area contributed by atoms with Crippen molar-refractivity contribution in [2.75, 3.05) is 33.4 Å². The van der Waals surface area contributed by atoms with Crippen molar-refractivity contribution in [1.29, 1.82) is 0 Å². The number of methoxy groups -OCH3 is 1. The van der Waals surface area contributed by atoms with Crippen LogP contribution in [0.15, 0.2) is 29.1 Å². The smallest absolute Gasteiger partial charge is 0.258 e. The van der Waals surface area contributed by atoms with Crippen molar-refractivity contribution in [3.63, 3.8) is 0 Å². The summed E-state index contributed by atoms with van der Waals surface area (Å²) in [6.45, 7) is 2.95. The van der Waals surface area contributed by atoms with E-state index in [9.17, 15) is 4.79 Å². The number of benzene rings is 1. The maximum absolute atomic E-state index is 13.3. The van der Waals surface area contributed by atoms with Crippen LogP contribution in [-0.4, -0.2) is 58.6 Å². The first-order valence-corrected chi connectivity index (χ1v) is 11.2. The number of quaternary nitrogens is 1. The minimum absolute atomic E-state index is 0.108. The van der Waals surface area contributed by atoms with E-state index in [1.54, 1.807) is 7.11 Å². The number of rotatable bonds is 5. The number of H-pyrrole nitrogens is 1. The summed E-state index contributed by atoms with van der Waals surface area (Å²) in [5.41, 5.74) is 1.35. The predicted octanol–water partition coefficient (Wildman–Crippen LogP) is 1.03. The average molecular weight is 426 g/mol.